The second kappa shape index (κ2) is 4.92. The monoisotopic (exact) mass is 241 g/mol. The van der Waals surface area contributed by atoms with Crippen LogP contribution in [0.2, 0.25) is 0 Å². The lowest BCUT2D eigenvalue weighted by molar-refractivity contribution is -0.137. The quantitative estimate of drug-likeness (QED) is 0.798. The number of nitrogens with one attached hydrogen (secondary N) is 1. The lowest BCUT2D eigenvalue weighted by Crippen LogP contribution is -2.25. The molecule has 0 bridgehead atoms. The van der Waals surface area contributed by atoms with Crippen molar-refractivity contribution < 1.29 is 13.2 Å². The number of alkyl halides is 3. The first kappa shape index (κ1) is 12.2. The second-order valence-corrected chi connectivity index (χ2v) is 4.22. The Morgan fingerprint density at radius 2 is 1.88 bits per heavy atom. The van der Waals surface area contributed by atoms with Gasteiger partial charge in [-0.25, -0.2) is 0 Å². The topological polar surface area (TPSA) is 12.0 Å². The van der Waals surface area contributed by atoms with E-state index >= 15 is 0 Å². The van der Waals surface area contributed by atoms with Crippen LogP contribution in [-0.4, -0.2) is 6.04 Å². The summed E-state index contributed by atoms with van der Waals surface area (Å²) in [4.78, 5) is 0. The van der Waals surface area contributed by atoms with Crippen molar-refractivity contribution in [2.75, 3.05) is 0 Å². The van der Waals surface area contributed by atoms with Gasteiger partial charge in [0, 0.05) is 12.6 Å². The van der Waals surface area contributed by atoms with Gasteiger partial charge in [0.05, 0.1) is 5.56 Å². The van der Waals surface area contributed by atoms with Crippen LogP contribution >= 0.6 is 0 Å². The number of halogens is 3. The molecule has 0 saturated heterocycles. The molecule has 1 aromatic rings. The van der Waals surface area contributed by atoms with Crippen molar-refractivity contribution in [3.8, 4) is 0 Å². The molecule has 4 heteroatoms. The summed E-state index contributed by atoms with van der Waals surface area (Å²) in [6.45, 7) is 0.482. The Hall–Kier alpha value is -1.29. The van der Waals surface area contributed by atoms with E-state index in [0.29, 0.717) is 18.2 Å². The molecular formula is C13H14F3N. The summed E-state index contributed by atoms with van der Waals surface area (Å²) in [5, 5.41) is 3.25. The molecule has 0 aliphatic heterocycles. The zero-order valence-corrected chi connectivity index (χ0v) is 9.30. The Morgan fingerprint density at radius 1 is 1.18 bits per heavy atom. The van der Waals surface area contributed by atoms with Gasteiger partial charge < -0.3 is 5.32 Å². The zero-order valence-electron chi connectivity index (χ0n) is 9.30. The molecule has 0 heterocycles. The van der Waals surface area contributed by atoms with Crippen molar-refractivity contribution in [3.05, 3.63) is 47.5 Å². The first-order chi connectivity index (χ1) is 8.05. The van der Waals surface area contributed by atoms with Gasteiger partial charge in [-0.05, 0) is 24.5 Å². The molecule has 0 spiro atoms. The minimum absolute atomic E-state index is 0.365. The molecule has 0 radical (unpaired) electrons. The van der Waals surface area contributed by atoms with E-state index in [1.165, 1.54) is 12.1 Å². The maximum absolute atomic E-state index is 12.5. The molecule has 0 fully saturated rings. The maximum atomic E-state index is 12.5. The van der Waals surface area contributed by atoms with E-state index in [0.717, 1.165) is 18.9 Å². The van der Waals surface area contributed by atoms with Crippen molar-refractivity contribution in [2.45, 2.75) is 31.6 Å². The van der Waals surface area contributed by atoms with Crippen LogP contribution in [0.3, 0.4) is 0 Å². The Kier molecular flexibility index (Phi) is 3.52. The van der Waals surface area contributed by atoms with E-state index < -0.39 is 11.7 Å². The summed E-state index contributed by atoms with van der Waals surface area (Å²) in [7, 11) is 0. The molecule has 92 valence electrons. The summed E-state index contributed by atoms with van der Waals surface area (Å²) in [5.41, 5.74) is 0.0908. The average molecular weight is 241 g/mol. The predicted octanol–water partition coefficient (Wildman–Crippen LogP) is 3.51. The standard InChI is InChI=1S/C13H14F3N/c14-13(15,16)11-5-3-4-10(8-11)9-17-12-6-1-2-7-12/h1-5,8,12,17H,6-7,9H2. The van der Waals surface area contributed by atoms with Crippen LogP contribution < -0.4 is 5.32 Å². The third-order valence-corrected chi connectivity index (χ3v) is 2.86. The molecule has 1 aliphatic carbocycles. The number of benzene rings is 1. The van der Waals surface area contributed by atoms with Crippen molar-refractivity contribution in [1.82, 2.24) is 5.32 Å². The molecule has 0 amide bonds. The zero-order chi connectivity index (χ0) is 12.3. The van der Waals surface area contributed by atoms with Crippen LogP contribution in [0.4, 0.5) is 13.2 Å². The fraction of sp³-hybridized carbons (Fsp3) is 0.385. The molecule has 0 aromatic heterocycles. The Morgan fingerprint density at radius 3 is 2.53 bits per heavy atom. The van der Waals surface area contributed by atoms with Gasteiger partial charge in [0.2, 0.25) is 0 Å². The van der Waals surface area contributed by atoms with Gasteiger partial charge in [-0.2, -0.15) is 13.2 Å². The number of rotatable bonds is 3. The fourth-order valence-electron chi connectivity index (χ4n) is 1.90. The van der Waals surface area contributed by atoms with Crippen LogP contribution in [0.15, 0.2) is 36.4 Å². The van der Waals surface area contributed by atoms with E-state index in [1.54, 1.807) is 6.07 Å². The summed E-state index contributed by atoms with van der Waals surface area (Å²) in [6.07, 6.45) is 1.83. The largest absolute Gasteiger partial charge is 0.416 e. The molecule has 0 unspecified atom stereocenters. The van der Waals surface area contributed by atoms with E-state index in [2.05, 4.69) is 17.5 Å². The highest BCUT2D eigenvalue weighted by Crippen LogP contribution is 2.29. The first-order valence-corrected chi connectivity index (χ1v) is 5.60. The first-order valence-electron chi connectivity index (χ1n) is 5.60. The summed E-state index contributed by atoms with van der Waals surface area (Å²) < 4.78 is 37.4. The molecule has 1 N–H and O–H groups in total. The highest BCUT2D eigenvalue weighted by atomic mass is 19.4. The molecule has 17 heavy (non-hydrogen) atoms. The Labute approximate surface area is 98.3 Å². The Balaban J connectivity index is 1.96. The highest BCUT2D eigenvalue weighted by molar-refractivity contribution is 5.25. The minimum Gasteiger partial charge on any atom is -0.309 e. The normalized spacial score (nSPS) is 16.6. The van der Waals surface area contributed by atoms with Gasteiger partial charge in [-0.15, -0.1) is 0 Å². The maximum Gasteiger partial charge on any atom is 0.416 e. The van der Waals surface area contributed by atoms with Crippen LogP contribution in [0, 0.1) is 0 Å². The van der Waals surface area contributed by atoms with Crippen LogP contribution in [-0.2, 0) is 12.7 Å². The number of hydrogen-bond acceptors (Lipinski definition) is 1. The van der Waals surface area contributed by atoms with E-state index in [9.17, 15) is 13.2 Å². The van der Waals surface area contributed by atoms with Crippen molar-refractivity contribution in [1.29, 1.82) is 0 Å². The fourth-order valence-corrected chi connectivity index (χ4v) is 1.90. The Bertz CT molecular complexity index is 401. The minimum atomic E-state index is -4.26. The molecular weight excluding hydrogens is 227 g/mol. The van der Waals surface area contributed by atoms with Crippen molar-refractivity contribution in [3.63, 3.8) is 0 Å². The van der Waals surface area contributed by atoms with E-state index in [1.807, 2.05) is 0 Å². The average Bonchev–Trinajstić information content (AvgIpc) is 2.78. The third kappa shape index (κ3) is 3.33. The van der Waals surface area contributed by atoms with Crippen LogP contribution in [0.1, 0.15) is 24.0 Å². The molecule has 2 rings (SSSR count). The van der Waals surface area contributed by atoms with E-state index in [-0.39, 0.29) is 0 Å². The smallest absolute Gasteiger partial charge is 0.309 e. The third-order valence-electron chi connectivity index (χ3n) is 2.86. The lowest BCUT2D eigenvalue weighted by atomic mass is 10.1. The molecule has 1 aromatic carbocycles. The van der Waals surface area contributed by atoms with Gasteiger partial charge in [0.25, 0.3) is 0 Å². The number of hydrogen-bond donors (Lipinski definition) is 1. The summed E-state index contributed by atoms with van der Waals surface area (Å²) >= 11 is 0. The summed E-state index contributed by atoms with van der Waals surface area (Å²) in [5.74, 6) is 0. The molecule has 1 aliphatic rings. The molecule has 0 atom stereocenters. The summed E-state index contributed by atoms with van der Waals surface area (Å²) in [6, 6.07) is 5.83. The predicted molar refractivity (Wildman–Crippen MR) is 60.4 cm³/mol. The SMILES string of the molecule is FC(F)(F)c1cccc(CNC2CC=CC2)c1. The van der Waals surface area contributed by atoms with Crippen molar-refractivity contribution >= 4 is 0 Å². The van der Waals surface area contributed by atoms with Crippen LogP contribution in [0.25, 0.3) is 0 Å². The van der Waals surface area contributed by atoms with Gasteiger partial charge in [-0.1, -0.05) is 30.4 Å². The highest BCUT2D eigenvalue weighted by Gasteiger charge is 2.30. The second-order valence-electron chi connectivity index (χ2n) is 4.22. The van der Waals surface area contributed by atoms with Crippen LogP contribution in [0.5, 0.6) is 0 Å². The lowest BCUT2D eigenvalue weighted by Gasteiger charge is -2.13. The van der Waals surface area contributed by atoms with Gasteiger partial charge in [0.1, 0.15) is 0 Å². The van der Waals surface area contributed by atoms with E-state index in [4.69, 9.17) is 0 Å². The van der Waals surface area contributed by atoms with Crippen molar-refractivity contribution in [2.24, 2.45) is 0 Å². The van der Waals surface area contributed by atoms with Gasteiger partial charge in [0.15, 0.2) is 0 Å². The molecule has 1 nitrogen and oxygen atoms in total. The van der Waals surface area contributed by atoms with Gasteiger partial charge in [-0.3, -0.25) is 0 Å². The molecule has 0 saturated carbocycles. The van der Waals surface area contributed by atoms with Gasteiger partial charge >= 0.3 is 6.18 Å².